The van der Waals surface area contributed by atoms with Crippen LogP contribution in [0.4, 0.5) is 11.4 Å². The van der Waals surface area contributed by atoms with Gasteiger partial charge in [-0.3, -0.25) is 8.99 Å². The highest BCUT2D eigenvalue weighted by atomic mass is 32.2. The first-order valence-corrected chi connectivity index (χ1v) is 11.2. The minimum Gasteiger partial charge on any atom is -0.368 e. The quantitative estimate of drug-likeness (QED) is 0.657. The van der Waals surface area contributed by atoms with Crippen LogP contribution in [0.25, 0.3) is 11.1 Å². The number of likely N-dealkylation sites (N-methyl/N-ethyl adjacent to an activating group) is 1. The third-order valence-corrected chi connectivity index (χ3v) is 7.50. The second-order valence-corrected chi connectivity index (χ2v) is 9.31. The van der Waals surface area contributed by atoms with E-state index in [9.17, 15) is 8.42 Å². The third kappa shape index (κ3) is 3.29. The fourth-order valence-corrected chi connectivity index (χ4v) is 5.79. The number of para-hydroxylation sites is 1. The molecule has 4 rings (SSSR count). The fraction of sp³-hybridized carbons (Fsp3) is 0.318. The number of sulfonamides is 1. The number of anilines is 2. The van der Waals surface area contributed by atoms with Gasteiger partial charge in [0.1, 0.15) is 0 Å². The Morgan fingerprint density at radius 3 is 2.48 bits per heavy atom. The summed E-state index contributed by atoms with van der Waals surface area (Å²) in [6, 6.07) is 11.5. The lowest BCUT2D eigenvalue weighted by atomic mass is 10.1. The molecule has 0 atom stereocenters. The molecule has 29 heavy (non-hydrogen) atoms. The van der Waals surface area contributed by atoms with Crippen LogP contribution in [0.2, 0.25) is 0 Å². The molecule has 7 heteroatoms. The average Bonchev–Trinajstić information content (AvgIpc) is 3.13. The van der Waals surface area contributed by atoms with Gasteiger partial charge in [0.2, 0.25) is 0 Å². The molecule has 0 spiro atoms. The van der Waals surface area contributed by atoms with Gasteiger partial charge >= 0.3 is 0 Å². The van der Waals surface area contributed by atoms with Gasteiger partial charge in [0, 0.05) is 31.9 Å². The molecule has 6 nitrogen and oxygen atoms in total. The number of aryl methyl sites for hydroxylation is 3. The van der Waals surface area contributed by atoms with Gasteiger partial charge in [0.15, 0.2) is 0 Å². The second kappa shape index (κ2) is 7.22. The molecule has 0 unspecified atom stereocenters. The van der Waals surface area contributed by atoms with E-state index in [1.54, 1.807) is 21.3 Å². The standard InChI is InChI=1S/C22H26N4O2S/c1-5-25-11-12-26(22-16(2)7-6-8-20(22)25)29(27,28)21-10-9-18(13-17(21)3)19-14-23-24(4)15-19/h6-10,13-15H,5,11-12H2,1-4H3. The Morgan fingerprint density at radius 2 is 1.83 bits per heavy atom. The van der Waals surface area contributed by atoms with Crippen molar-refractivity contribution in [3.05, 3.63) is 59.9 Å². The zero-order chi connectivity index (χ0) is 20.8. The van der Waals surface area contributed by atoms with Gasteiger partial charge < -0.3 is 4.90 Å². The van der Waals surface area contributed by atoms with Crippen molar-refractivity contribution < 1.29 is 8.42 Å². The van der Waals surface area contributed by atoms with Gasteiger partial charge in [-0.05, 0) is 55.7 Å². The average molecular weight is 411 g/mol. The molecular formula is C22H26N4O2S. The van der Waals surface area contributed by atoms with Crippen LogP contribution in [0, 0.1) is 13.8 Å². The Labute approximate surface area is 172 Å². The van der Waals surface area contributed by atoms with E-state index in [2.05, 4.69) is 16.9 Å². The van der Waals surface area contributed by atoms with Crippen LogP contribution in [-0.4, -0.2) is 37.8 Å². The zero-order valence-electron chi connectivity index (χ0n) is 17.3. The SMILES string of the molecule is CCN1CCN(S(=O)(=O)c2ccc(-c3cnn(C)c3)cc2C)c2c(C)cccc21. The van der Waals surface area contributed by atoms with Crippen molar-refractivity contribution in [2.75, 3.05) is 28.8 Å². The maximum Gasteiger partial charge on any atom is 0.264 e. The van der Waals surface area contributed by atoms with Crippen LogP contribution in [0.5, 0.6) is 0 Å². The van der Waals surface area contributed by atoms with E-state index in [4.69, 9.17) is 0 Å². The number of nitrogens with zero attached hydrogens (tertiary/aromatic N) is 4. The molecule has 0 saturated carbocycles. The molecule has 2 heterocycles. The van der Waals surface area contributed by atoms with Gasteiger partial charge in [0.25, 0.3) is 10.0 Å². The summed E-state index contributed by atoms with van der Waals surface area (Å²) in [6.07, 6.45) is 3.71. The lowest BCUT2D eigenvalue weighted by Gasteiger charge is -2.38. The molecular weight excluding hydrogens is 384 g/mol. The van der Waals surface area contributed by atoms with Crippen molar-refractivity contribution >= 4 is 21.4 Å². The molecule has 1 aliphatic rings. The minimum absolute atomic E-state index is 0.351. The molecule has 3 aromatic rings. The Balaban J connectivity index is 1.78. The highest BCUT2D eigenvalue weighted by molar-refractivity contribution is 7.93. The fourth-order valence-electron chi connectivity index (χ4n) is 4.04. The topological polar surface area (TPSA) is 58.4 Å². The first kappa shape index (κ1) is 19.5. The first-order chi connectivity index (χ1) is 13.8. The number of rotatable bonds is 4. The van der Waals surface area contributed by atoms with E-state index in [0.29, 0.717) is 18.0 Å². The summed E-state index contributed by atoms with van der Waals surface area (Å²) in [6.45, 7) is 7.89. The maximum atomic E-state index is 13.7. The van der Waals surface area contributed by atoms with Gasteiger partial charge in [0.05, 0.1) is 29.0 Å². The van der Waals surface area contributed by atoms with Crippen molar-refractivity contribution in [3.63, 3.8) is 0 Å². The first-order valence-electron chi connectivity index (χ1n) is 9.80. The Morgan fingerprint density at radius 1 is 1.03 bits per heavy atom. The molecule has 1 aliphatic heterocycles. The monoisotopic (exact) mass is 410 g/mol. The van der Waals surface area contributed by atoms with E-state index < -0.39 is 10.0 Å². The lowest BCUT2D eigenvalue weighted by Crippen LogP contribution is -2.44. The van der Waals surface area contributed by atoms with Crippen LogP contribution in [0.3, 0.4) is 0 Å². The van der Waals surface area contributed by atoms with Gasteiger partial charge in [-0.2, -0.15) is 5.10 Å². The van der Waals surface area contributed by atoms with Crippen molar-refractivity contribution in [1.82, 2.24) is 9.78 Å². The summed E-state index contributed by atoms with van der Waals surface area (Å²) in [5, 5.41) is 4.20. The summed E-state index contributed by atoms with van der Waals surface area (Å²) < 4.78 is 30.6. The summed E-state index contributed by atoms with van der Waals surface area (Å²) in [5.74, 6) is 0. The largest absolute Gasteiger partial charge is 0.368 e. The molecule has 2 aromatic carbocycles. The van der Waals surface area contributed by atoms with Gasteiger partial charge in [-0.15, -0.1) is 0 Å². The molecule has 0 bridgehead atoms. The third-order valence-electron chi connectivity index (χ3n) is 5.54. The Kier molecular flexibility index (Phi) is 4.86. The molecule has 0 N–H and O–H groups in total. The van der Waals surface area contributed by atoms with Crippen molar-refractivity contribution in [2.45, 2.75) is 25.7 Å². The van der Waals surface area contributed by atoms with Crippen LogP contribution in [0.15, 0.2) is 53.7 Å². The van der Waals surface area contributed by atoms with E-state index in [1.807, 2.05) is 57.4 Å². The number of hydrogen-bond donors (Lipinski definition) is 0. The molecule has 1 aromatic heterocycles. The van der Waals surface area contributed by atoms with Gasteiger partial charge in [-0.25, -0.2) is 8.42 Å². The Bertz CT molecular complexity index is 1170. The van der Waals surface area contributed by atoms with Crippen molar-refractivity contribution in [1.29, 1.82) is 0 Å². The number of fused-ring (bicyclic) bond motifs is 1. The van der Waals surface area contributed by atoms with Crippen LogP contribution >= 0.6 is 0 Å². The molecule has 0 fully saturated rings. The van der Waals surface area contributed by atoms with E-state index in [0.717, 1.165) is 40.2 Å². The van der Waals surface area contributed by atoms with Crippen molar-refractivity contribution in [2.24, 2.45) is 7.05 Å². The predicted octanol–water partition coefficient (Wildman–Crippen LogP) is 3.74. The normalized spacial score (nSPS) is 14.2. The second-order valence-electron chi connectivity index (χ2n) is 7.48. The minimum atomic E-state index is -3.67. The lowest BCUT2D eigenvalue weighted by molar-refractivity contribution is 0.587. The molecule has 152 valence electrons. The molecule has 0 saturated heterocycles. The van der Waals surface area contributed by atoms with Crippen molar-refractivity contribution in [3.8, 4) is 11.1 Å². The number of benzene rings is 2. The summed E-state index contributed by atoms with van der Waals surface area (Å²) >= 11 is 0. The van der Waals surface area contributed by atoms with Crippen LogP contribution in [-0.2, 0) is 17.1 Å². The maximum absolute atomic E-state index is 13.7. The number of hydrogen-bond acceptors (Lipinski definition) is 4. The summed E-state index contributed by atoms with van der Waals surface area (Å²) in [4.78, 5) is 2.58. The predicted molar refractivity (Wildman–Crippen MR) is 117 cm³/mol. The molecule has 0 amide bonds. The summed E-state index contributed by atoms with van der Waals surface area (Å²) in [5.41, 5.74) is 5.40. The highest BCUT2D eigenvalue weighted by Gasteiger charge is 2.33. The smallest absolute Gasteiger partial charge is 0.264 e. The van der Waals surface area contributed by atoms with Crippen LogP contribution < -0.4 is 9.21 Å². The zero-order valence-corrected chi connectivity index (χ0v) is 18.1. The molecule has 0 radical (unpaired) electrons. The van der Waals surface area contributed by atoms with Gasteiger partial charge in [-0.1, -0.05) is 18.2 Å². The number of aromatic nitrogens is 2. The van der Waals surface area contributed by atoms with E-state index in [-0.39, 0.29) is 0 Å². The molecule has 0 aliphatic carbocycles. The summed E-state index contributed by atoms with van der Waals surface area (Å²) in [7, 11) is -1.80. The Hall–Kier alpha value is -2.80. The van der Waals surface area contributed by atoms with Crippen LogP contribution in [0.1, 0.15) is 18.1 Å². The highest BCUT2D eigenvalue weighted by Crippen LogP contribution is 2.39. The van der Waals surface area contributed by atoms with E-state index in [1.165, 1.54) is 0 Å². The van der Waals surface area contributed by atoms with E-state index >= 15 is 0 Å².